The third-order valence-electron chi connectivity index (χ3n) is 4.14. The van der Waals surface area contributed by atoms with Gasteiger partial charge in [0.15, 0.2) is 5.78 Å². The van der Waals surface area contributed by atoms with Crippen LogP contribution in [0.15, 0.2) is 60.7 Å². The predicted octanol–water partition coefficient (Wildman–Crippen LogP) is 3.29. The van der Waals surface area contributed by atoms with E-state index in [1.165, 1.54) is 12.1 Å². The molecule has 2 aliphatic rings. The Morgan fingerprint density at radius 3 is 2.60 bits per heavy atom. The number of hydrogen-bond acceptors (Lipinski definition) is 2. The fraction of sp³-hybridized carbons (Fsp3) is 0.118. The molecule has 3 heteroatoms. The highest BCUT2D eigenvalue weighted by Crippen LogP contribution is 2.48. The fourth-order valence-electron chi connectivity index (χ4n) is 3.24. The molecule has 0 saturated carbocycles. The summed E-state index contributed by atoms with van der Waals surface area (Å²) in [5.74, 6) is -0.227. The molecule has 2 nitrogen and oxygen atoms in total. The Hall–Kier alpha value is -2.42. The summed E-state index contributed by atoms with van der Waals surface area (Å²) in [7, 11) is 0. The number of para-hydroxylation sites is 1. The minimum atomic E-state index is -0.794. The molecule has 0 radical (unpaired) electrons. The summed E-state index contributed by atoms with van der Waals surface area (Å²) in [6.45, 7) is 0.695. The normalized spacial score (nSPS) is 23.1. The maximum absolute atomic E-state index is 13.2. The Morgan fingerprint density at radius 2 is 1.80 bits per heavy atom. The van der Waals surface area contributed by atoms with Gasteiger partial charge >= 0.3 is 0 Å². The summed E-state index contributed by atoms with van der Waals surface area (Å²) in [5.41, 5.74) is 1.71. The molecule has 0 amide bonds. The van der Waals surface area contributed by atoms with E-state index in [1.54, 1.807) is 12.1 Å². The van der Waals surface area contributed by atoms with Gasteiger partial charge in [-0.3, -0.25) is 4.79 Å². The predicted molar refractivity (Wildman–Crippen MR) is 75.3 cm³/mol. The van der Waals surface area contributed by atoms with Crippen LogP contribution in [0.25, 0.3) is 0 Å². The van der Waals surface area contributed by atoms with E-state index in [-0.39, 0.29) is 11.6 Å². The van der Waals surface area contributed by atoms with Crippen molar-refractivity contribution in [2.24, 2.45) is 0 Å². The van der Waals surface area contributed by atoms with Crippen molar-refractivity contribution in [3.8, 4) is 0 Å². The summed E-state index contributed by atoms with van der Waals surface area (Å²) < 4.78 is 13.2. The molecule has 20 heavy (non-hydrogen) atoms. The lowest BCUT2D eigenvalue weighted by Crippen LogP contribution is -2.42. The van der Waals surface area contributed by atoms with Gasteiger partial charge in [-0.1, -0.05) is 30.3 Å². The average Bonchev–Trinajstić information content (AvgIpc) is 3.01. The Kier molecular flexibility index (Phi) is 2.16. The van der Waals surface area contributed by atoms with Crippen LogP contribution in [0, 0.1) is 5.82 Å². The maximum Gasteiger partial charge on any atom is 0.199 e. The Balaban J connectivity index is 1.95. The van der Waals surface area contributed by atoms with E-state index in [0.717, 1.165) is 16.8 Å². The zero-order chi connectivity index (χ0) is 13.7. The molecule has 0 fully saturated rings. The maximum atomic E-state index is 13.2. The largest absolute Gasteiger partial charge is 0.347 e. The number of carbonyl (C=O) groups excluding carboxylic acids is 1. The minimum absolute atomic E-state index is 0.0634. The van der Waals surface area contributed by atoms with Crippen LogP contribution in [0.3, 0.4) is 0 Å². The summed E-state index contributed by atoms with van der Waals surface area (Å²) in [6, 6.07) is 13.8. The molecule has 2 aromatic carbocycles. The average molecular weight is 265 g/mol. The molecule has 0 aliphatic carbocycles. The van der Waals surface area contributed by atoms with Crippen molar-refractivity contribution in [2.75, 3.05) is 11.4 Å². The number of nitrogens with zero attached hydrogens (tertiary/aromatic N) is 1. The van der Waals surface area contributed by atoms with Gasteiger partial charge in [-0.05, 0) is 35.9 Å². The number of Topliss-reactive ketones (excluding diaryl/α,β-unsaturated/α-hetero) is 1. The summed E-state index contributed by atoms with van der Waals surface area (Å²) >= 11 is 0. The Labute approximate surface area is 116 Å². The first-order chi connectivity index (χ1) is 9.73. The number of carbonyl (C=O) groups is 1. The van der Waals surface area contributed by atoms with E-state index < -0.39 is 5.54 Å². The Bertz CT molecular complexity index is 735. The monoisotopic (exact) mass is 265 g/mol. The van der Waals surface area contributed by atoms with E-state index in [4.69, 9.17) is 0 Å². The van der Waals surface area contributed by atoms with Gasteiger partial charge in [0.1, 0.15) is 11.4 Å². The van der Waals surface area contributed by atoms with Gasteiger partial charge < -0.3 is 4.90 Å². The zero-order valence-electron chi connectivity index (χ0n) is 10.7. The molecule has 2 heterocycles. The van der Waals surface area contributed by atoms with Crippen LogP contribution in [0.4, 0.5) is 10.1 Å². The van der Waals surface area contributed by atoms with Gasteiger partial charge in [0.2, 0.25) is 0 Å². The van der Waals surface area contributed by atoms with Crippen LogP contribution in [0.1, 0.15) is 15.9 Å². The van der Waals surface area contributed by atoms with Crippen LogP contribution >= 0.6 is 0 Å². The zero-order valence-corrected chi connectivity index (χ0v) is 10.7. The SMILES string of the molecule is O=C1c2ccccc2N2CC=CC12c1ccc(F)cc1. The second-order valence-electron chi connectivity index (χ2n) is 5.13. The molecule has 1 atom stereocenters. The highest BCUT2D eigenvalue weighted by atomic mass is 19.1. The van der Waals surface area contributed by atoms with Crippen LogP contribution < -0.4 is 4.90 Å². The van der Waals surface area contributed by atoms with Crippen molar-refractivity contribution in [3.63, 3.8) is 0 Å². The fourth-order valence-corrected chi connectivity index (χ4v) is 3.24. The lowest BCUT2D eigenvalue weighted by Gasteiger charge is -2.32. The molecule has 1 unspecified atom stereocenters. The number of ketones is 1. The van der Waals surface area contributed by atoms with Crippen molar-refractivity contribution in [2.45, 2.75) is 5.54 Å². The highest BCUT2D eigenvalue weighted by molar-refractivity contribution is 6.16. The first-order valence-corrected chi connectivity index (χ1v) is 6.59. The van der Waals surface area contributed by atoms with E-state index >= 15 is 0 Å². The topological polar surface area (TPSA) is 20.3 Å². The molecule has 2 aromatic rings. The summed E-state index contributed by atoms with van der Waals surface area (Å²) in [4.78, 5) is 15.0. The van der Waals surface area contributed by atoms with E-state index in [1.807, 2.05) is 36.4 Å². The van der Waals surface area contributed by atoms with Gasteiger partial charge in [0.05, 0.1) is 0 Å². The van der Waals surface area contributed by atoms with Crippen molar-refractivity contribution in [1.29, 1.82) is 0 Å². The van der Waals surface area contributed by atoms with E-state index in [9.17, 15) is 9.18 Å². The minimum Gasteiger partial charge on any atom is -0.347 e. The van der Waals surface area contributed by atoms with Crippen molar-refractivity contribution >= 4 is 11.5 Å². The first-order valence-electron chi connectivity index (χ1n) is 6.59. The van der Waals surface area contributed by atoms with Gasteiger partial charge in [-0.2, -0.15) is 0 Å². The number of benzene rings is 2. The molecule has 2 aliphatic heterocycles. The van der Waals surface area contributed by atoms with Crippen LogP contribution in [-0.4, -0.2) is 12.3 Å². The number of fused-ring (bicyclic) bond motifs is 3. The molecule has 0 aromatic heterocycles. The molecular weight excluding hydrogens is 253 g/mol. The first kappa shape index (κ1) is 11.4. The van der Waals surface area contributed by atoms with Gasteiger partial charge in [0.25, 0.3) is 0 Å². The summed E-state index contributed by atoms with van der Waals surface area (Å²) in [5, 5.41) is 0. The summed E-state index contributed by atoms with van der Waals surface area (Å²) in [6.07, 6.45) is 3.93. The Morgan fingerprint density at radius 1 is 1.05 bits per heavy atom. The molecule has 4 rings (SSSR count). The third kappa shape index (κ3) is 1.24. The van der Waals surface area contributed by atoms with Gasteiger partial charge in [0, 0.05) is 17.8 Å². The number of hydrogen-bond donors (Lipinski definition) is 0. The highest BCUT2D eigenvalue weighted by Gasteiger charge is 2.52. The van der Waals surface area contributed by atoms with Crippen molar-refractivity contribution in [3.05, 3.63) is 77.6 Å². The number of halogens is 1. The lowest BCUT2D eigenvalue weighted by molar-refractivity contribution is 0.0935. The van der Waals surface area contributed by atoms with Gasteiger partial charge in [-0.15, -0.1) is 0 Å². The third-order valence-corrected chi connectivity index (χ3v) is 4.14. The van der Waals surface area contributed by atoms with E-state index in [0.29, 0.717) is 6.54 Å². The molecular formula is C17H12FNO. The number of rotatable bonds is 1. The van der Waals surface area contributed by atoms with Crippen LogP contribution in [-0.2, 0) is 5.54 Å². The standard InChI is InChI=1S/C17H12FNO/c18-13-8-6-12(7-9-13)17-10-3-11-19(17)15-5-2-1-4-14(15)16(17)20/h1-10H,11H2. The smallest absolute Gasteiger partial charge is 0.199 e. The van der Waals surface area contributed by atoms with Crippen molar-refractivity contribution in [1.82, 2.24) is 0 Å². The molecule has 98 valence electrons. The number of anilines is 1. The van der Waals surface area contributed by atoms with E-state index in [2.05, 4.69) is 4.90 Å². The van der Waals surface area contributed by atoms with Crippen LogP contribution in [0.5, 0.6) is 0 Å². The lowest BCUT2D eigenvalue weighted by atomic mass is 9.86. The second kappa shape index (κ2) is 3.79. The molecule has 0 spiro atoms. The molecule has 0 saturated heterocycles. The van der Waals surface area contributed by atoms with Gasteiger partial charge in [-0.25, -0.2) is 4.39 Å². The quantitative estimate of drug-likeness (QED) is 0.737. The second-order valence-corrected chi connectivity index (χ2v) is 5.13. The van der Waals surface area contributed by atoms with Crippen LogP contribution in [0.2, 0.25) is 0 Å². The molecule has 0 N–H and O–H groups in total. The van der Waals surface area contributed by atoms with Crippen molar-refractivity contribution < 1.29 is 9.18 Å². The molecule has 0 bridgehead atoms.